The van der Waals surface area contributed by atoms with E-state index in [2.05, 4.69) is 10.1 Å². The molecule has 17 heavy (non-hydrogen) atoms. The van der Waals surface area contributed by atoms with Gasteiger partial charge >= 0.3 is 5.97 Å². The summed E-state index contributed by atoms with van der Waals surface area (Å²) < 4.78 is 4.63. The van der Waals surface area contributed by atoms with Crippen LogP contribution in [-0.4, -0.2) is 25.5 Å². The number of ether oxygens (including phenoxy) is 1. The van der Waals surface area contributed by atoms with E-state index in [-0.39, 0.29) is 5.91 Å². The number of methoxy groups -OCH3 is 1. The van der Waals surface area contributed by atoms with E-state index in [1.807, 2.05) is 0 Å². The average molecular weight is 236 g/mol. The Bertz CT molecular complexity index is 404. The van der Waals surface area contributed by atoms with Crippen LogP contribution in [0, 0.1) is 0 Å². The second-order valence-corrected chi connectivity index (χ2v) is 3.48. The normalized spacial score (nSPS) is 9.76. The molecular weight excluding hydrogens is 220 g/mol. The number of esters is 1. The zero-order valence-corrected chi connectivity index (χ0v) is 9.73. The summed E-state index contributed by atoms with van der Waals surface area (Å²) >= 11 is 0. The molecule has 0 bridgehead atoms. The number of anilines is 1. The first-order chi connectivity index (χ1) is 8.19. The van der Waals surface area contributed by atoms with Gasteiger partial charge in [0.15, 0.2) is 0 Å². The summed E-state index contributed by atoms with van der Waals surface area (Å²) in [4.78, 5) is 23.0. The predicted molar refractivity (Wildman–Crippen MR) is 64.7 cm³/mol. The van der Waals surface area contributed by atoms with E-state index in [4.69, 9.17) is 5.73 Å². The number of nitrogens with one attached hydrogen (secondary N) is 1. The third-order valence-corrected chi connectivity index (χ3v) is 2.21. The molecule has 1 amide bonds. The molecule has 3 N–H and O–H groups in total. The van der Waals surface area contributed by atoms with Crippen molar-refractivity contribution in [2.45, 2.75) is 12.8 Å². The highest BCUT2D eigenvalue weighted by Crippen LogP contribution is 2.16. The number of hydrogen-bond donors (Lipinski definition) is 2. The van der Waals surface area contributed by atoms with Gasteiger partial charge < -0.3 is 15.8 Å². The van der Waals surface area contributed by atoms with Gasteiger partial charge in [0, 0.05) is 6.42 Å². The number of amides is 1. The van der Waals surface area contributed by atoms with Crippen LogP contribution < -0.4 is 11.1 Å². The molecular formula is C12H16N2O3. The highest BCUT2D eigenvalue weighted by atomic mass is 16.5. The molecule has 0 aliphatic heterocycles. The minimum absolute atomic E-state index is 0.160. The Morgan fingerprint density at radius 2 is 2.06 bits per heavy atom. The Hall–Kier alpha value is -1.88. The van der Waals surface area contributed by atoms with Gasteiger partial charge in [0.2, 0.25) is 5.91 Å². The number of benzene rings is 1. The van der Waals surface area contributed by atoms with Gasteiger partial charge in [0.05, 0.1) is 18.4 Å². The molecule has 92 valence electrons. The van der Waals surface area contributed by atoms with E-state index in [9.17, 15) is 9.59 Å². The third-order valence-electron chi connectivity index (χ3n) is 2.21. The summed E-state index contributed by atoms with van der Waals surface area (Å²) in [6, 6.07) is 6.71. The van der Waals surface area contributed by atoms with Crippen molar-refractivity contribution >= 4 is 17.6 Å². The number of hydrogen-bond acceptors (Lipinski definition) is 4. The lowest BCUT2D eigenvalue weighted by molar-refractivity contribution is -0.116. The van der Waals surface area contributed by atoms with Crippen LogP contribution >= 0.6 is 0 Å². The number of carbonyl (C=O) groups is 2. The zero-order valence-electron chi connectivity index (χ0n) is 9.73. The predicted octanol–water partition coefficient (Wildman–Crippen LogP) is 1.15. The van der Waals surface area contributed by atoms with Crippen LogP contribution in [0.2, 0.25) is 0 Å². The van der Waals surface area contributed by atoms with Crippen LogP contribution in [-0.2, 0) is 9.53 Å². The topological polar surface area (TPSA) is 81.4 Å². The summed E-state index contributed by atoms with van der Waals surface area (Å²) in [5, 5.41) is 2.67. The van der Waals surface area contributed by atoms with Gasteiger partial charge in [-0.3, -0.25) is 4.79 Å². The quantitative estimate of drug-likeness (QED) is 0.751. The molecule has 1 rings (SSSR count). The smallest absolute Gasteiger partial charge is 0.339 e. The van der Waals surface area contributed by atoms with Crippen LogP contribution in [0.4, 0.5) is 5.69 Å². The van der Waals surface area contributed by atoms with Gasteiger partial charge in [-0.15, -0.1) is 0 Å². The Labute approximate surface area is 99.9 Å². The number of para-hydroxylation sites is 1. The summed E-state index contributed by atoms with van der Waals surface area (Å²) in [5.41, 5.74) is 6.12. The first kappa shape index (κ1) is 13.2. The molecule has 0 aromatic heterocycles. The summed E-state index contributed by atoms with van der Waals surface area (Å²) in [7, 11) is 1.30. The first-order valence-corrected chi connectivity index (χ1v) is 5.36. The maximum absolute atomic E-state index is 11.5. The van der Waals surface area contributed by atoms with Crippen LogP contribution in [0.5, 0.6) is 0 Å². The Morgan fingerprint density at radius 1 is 1.35 bits per heavy atom. The fraction of sp³-hybridized carbons (Fsp3) is 0.333. The Balaban J connectivity index is 2.76. The van der Waals surface area contributed by atoms with Gasteiger partial charge in [0.25, 0.3) is 0 Å². The average Bonchev–Trinajstić information content (AvgIpc) is 2.36. The lowest BCUT2D eigenvalue weighted by atomic mass is 10.1. The maximum Gasteiger partial charge on any atom is 0.339 e. The van der Waals surface area contributed by atoms with Crippen molar-refractivity contribution in [2.24, 2.45) is 5.73 Å². The molecule has 5 nitrogen and oxygen atoms in total. The van der Waals surface area contributed by atoms with E-state index >= 15 is 0 Å². The molecule has 0 fully saturated rings. The Morgan fingerprint density at radius 3 is 2.71 bits per heavy atom. The minimum Gasteiger partial charge on any atom is -0.465 e. The van der Waals surface area contributed by atoms with Crippen molar-refractivity contribution < 1.29 is 14.3 Å². The highest BCUT2D eigenvalue weighted by Gasteiger charge is 2.12. The van der Waals surface area contributed by atoms with Crippen molar-refractivity contribution in [3.63, 3.8) is 0 Å². The molecule has 5 heteroatoms. The van der Waals surface area contributed by atoms with Gasteiger partial charge in [-0.1, -0.05) is 12.1 Å². The van der Waals surface area contributed by atoms with Gasteiger partial charge in [-0.2, -0.15) is 0 Å². The molecule has 1 aromatic carbocycles. The van der Waals surface area contributed by atoms with Gasteiger partial charge in [-0.25, -0.2) is 4.79 Å². The number of carbonyl (C=O) groups excluding carboxylic acids is 2. The number of nitrogens with two attached hydrogens (primary N) is 1. The first-order valence-electron chi connectivity index (χ1n) is 5.36. The molecule has 0 unspecified atom stereocenters. The maximum atomic E-state index is 11.5. The van der Waals surface area contributed by atoms with E-state index < -0.39 is 5.97 Å². The van der Waals surface area contributed by atoms with E-state index in [0.717, 1.165) is 0 Å². The van der Waals surface area contributed by atoms with Crippen molar-refractivity contribution in [2.75, 3.05) is 19.0 Å². The van der Waals surface area contributed by atoms with Crippen LogP contribution in [0.25, 0.3) is 0 Å². The van der Waals surface area contributed by atoms with Crippen molar-refractivity contribution in [3.8, 4) is 0 Å². The molecule has 0 aliphatic carbocycles. The van der Waals surface area contributed by atoms with E-state index in [1.54, 1.807) is 24.3 Å². The lowest BCUT2D eigenvalue weighted by Crippen LogP contribution is -2.16. The van der Waals surface area contributed by atoms with Crippen LogP contribution in [0.15, 0.2) is 24.3 Å². The summed E-state index contributed by atoms with van der Waals surface area (Å²) in [6.45, 7) is 0.464. The second kappa shape index (κ2) is 6.65. The highest BCUT2D eigenvalue weighted by molar-refractivity contribution is 6.01. The molecule has 0 heterocycles. The van der Waals surface area contributed by atoms with Gasteiger partial charge in [0.1, 0.15) is 0 Å². The van der Waals surface area contributed by atoms with Crippen LogP contribution in [0.1, 0.15) is 23.2 Å². The molecule has 0 saturated heterocycles. The Kier molecular flexibility index (Phi) is 5.16. The monoisotopic (exact) mass is 236 g/mol. The van der Waals surface area contributed by atoms with Crippen molar-refractivity contribution in [1.82, 2.24) is 0 Å². The fourth-order valence-electron chi connectivity index (χ4n) is 1.36. The minimum atomic E-state index is -0.472. The molecule has 1 aromatic rings. The SMILES string of the molecule is COC(=O)c1ccccc1NC(=O)CCCN. The third kappa shape index (κ3) is 3.88. The second-order valence-electron chi connectivity index (χ2n) is 3.48. The lowest BCUT2D eigenvalue weighted by Gasteiger charge is -2.09. The van der Waals surface area contributed by atoms with Crippen molar-refractivity contribution in [1.29, 1.82) is 0 Å². The van der Waals surface area contributed by atoms with Crippen LogP contribution in [0.3, 0.4) is 0 Å². The van der Waals surface area contributed by atoms with E-state index in [1.165, 1.54) is 7.11 Å². The van der Waals surface area contributed by atoms with Crippen molar-refractivity contribution in [3.05, 3.63) is 29.8 Å². The summed E-state index contributed by atoms with van der Waals surface area (Å²) in [6.07, 6.45) is 0.957. The van der Waals surface area contributed by atoms with E-state index in [0.29, 0.717) is 30.6 Å². The fourth-order valence-corrected chi connectivity index (χ4v) is 1.36. The molecule has 0 spiro atoms. The molecule has 0 saturated carbocycles. The largest absolute Gasteiger partial charge is 0.465 e. The van der Waals surface area contributed by atoms with Gasteiger partial charge in [-0.05, 0) is 25.1 Å². The standard InChI is InChI=1S/C12H16N2O3/c1-17-12(16)9-5-2-3-6-10(9)14-11(15)7-4-8-13/h2-3,5-6H,4,7-8,13H2,1H3,(H,14,15). The molecule has 0 radical (unpaired) electrons. The summed E-state index contributed by atoms with van der Waals surface area (Å²) in [5.74, 6) is -0.633. The number of rotatable bonds is 5. The zero-order chi connectivity index (χ0) is 12.7. The molecule has 0 atom stereocenters. The molecule has 0 aliphatic rings.